The maximum Gasteiger partial charge on any atom is 0.238 e. The highest BCUT2D eigenvalue weighted by atomic mass is 32.2. The molecule has 5 nitrogen and oxygen atoms in total. The van der Waals surface area contributed by atoms with Crippen LogP contribution >= 0.6 is 0 Å². The van der Waals surface area contributed by atoms with E-state index in [4.69, 9.17) is 10.3 Å². The number of sulfonamides is 1. The van der Waals surface area contributed by atoms with Gasteiger partial charge in [-0.1, -0.05) is 32.0 Å². The number of hydrogen-bond donors (Lipinski definition) is 2. The monoisotopic (exact) mass is 268 g/mol. The van der Waals surface area contributed by atoms with E-state index in [1.165, 1.54) is 12.3 Å². The molecule has 0 spiro atoms. The molecule has 1 aromatic rings. The zero-order chi connectivity index (χ0) is 13.6. The summed E-state index contributed by atoms with van der Waals surface area (Å²) in [6, 6.07) is 6.70. The van der Waals surface area contributed by atoms with Gasteiger partial charge in [-0.05, 0) is 23.0 Å². The van der Waals surface area contributed by atoms with E-state index in [-0.39, 0.29) is 22.1 Å². The average molecular weight is 268 g/mol. The van der Waals surface area contributed by atoms with Crippen molar-refractivity contribution >= 4 is 16.2 Å². The Labute approximate surface area is 106 Å². The molecule has 0 saturated heterocycles. The number of oxime groups is 1. The number of nitrogens with two attached hydrogens (primary N) is 1. The van der Waals surface area contributed by atoms with Gasteiger partial charge in [0.25, 0.3) is 0 Å². The molecule has 1 fully saturated rings. The lowest BCUT2D eigenvalue weighted by Gasteiger charge is -2.08. The van der Waals surface area contributed by atoms with Gasteiger partial charge in [-0.2, -0.15) is 0 Å². The Kier molecular flexibility index (Phi) is 2.95. The van der Waals surface area contributed by atoms with Crippen LogP contribution in [0.1, 0.15) is 25.3 Å². The molecule has 0 amide bonds. The summed E-state index contributed by atoms with van der Waals surface area (Å²) in [6.45, 7) is 4.01. The fourth-order valence-corrected chi connectivity index (χ4v) is 3.41. The Hall–Kier alpha value is -1.40. The third-order valence-corrected chi connectivity index (χ3v) is 4.68. The second-order valence-corrected chi connectivity index (χ2v) is 6.70. The van der Waals surface area contributed by atoms with Crippen molar-refractivity contribution in [3.8, 4) is 0 Å². The minimum atomic E-state index is -3.73. The third-order valence-electron chi connectivity index (χ3n) is 3.70. The zero-order valence-corrected chi connectivity index (χ0v) is 11.1. The molecule has 3 N–H and O–H groups in total. The number of nitrogens with zero attached hydrogens (tertiary/aromatic N) is 1. The normalized spacial score (nSPS) is 26.4. The molecule has 1 aliphatic rings. The van der Waals surface area contributed by atoms with Crippen LogP contribution in [0, 0.1) is 11.3 Å². The highest BCUT2D eigenvalue weighted by Crippen LogP contribution is 2.64. The molecule has 0 aliphatic heterocycles. The van der Waals surface area contributed by atoms with E-state index in [2.05, 4.69) is 5.16 Å². The largest absolute Gasteiger partial charge is 0.411 e. The van der Waals surface area contributed by atoms with Crippen LogP contribution in [-0.4, -0.2) is 19.8 Å². The number of hydrogen-bond acceptors (Lipinski definition) is 4. The van der Waals surface area contributed by atoms with Gasteiger partial charge in [-0.15, -0.1) is 5.16 Å². The maximum atomic E-state index is 11.6. The summed E-state index contributed by atoms with van der Waals surface area (Å²) < 4.78 is 23.1. The van der Waals surface area contributed by atoms with Crippen LogP contribution in [0.2, 0.25) is 0 Å². The highest BCUT2D eigenvalue weighted by Gasteiger charge is 2.58. The van der Waals surface area contributed by atoms with Crippen molar-refractivity contribution in [3.63, 3.8) is 0 Å². The summed E-state index contributed by atoms with van der Waals surface area (Å²) in [5.41, 5.74) is 0.558. The number of primary sulfonamides is 1. The van der Waals surface area contributed by atoms with Crippen LogP contribution < -0.4 is 5.14 Å². The molecule has 1 aliphatic carbocycles. The van der Waals surface area contributed by atoms with Gasteiger partial charge < -0.3 is 5.21 Å². The van der Waals surface area contributed by atoms with Gasteiger partial charge in [0, 0.05) is 12.1 Å². The van der Waals surface area contributed by atoms with Crippen molar-refractivity contribution < 1.29 is 13.6 Å². The fourth-order valence-electron chi connectivity index (χ4n) is 2.62. The minimum absolute atomic E-state index is 0.00271. The van der Waals surface area contributed by atoms with Gasteiger partial charge in [0.1, 0.15) is 0 Å². The molecule has 0 unspecified atom stereocenters. The topological polar surface area (TPSA) is 92.8 Å². The van der Waals surface area contributed by atoms with Crippen LogP contribution in [0.4, 0.5) is 0 Å². The summed E-state index contributed by atoms with van der Waals surface area (Å²) in [5.74, 6) is 0.0216. The van der Waals surface area contributed by atoms with E-state index >= 15 is 0 Å². The lowest BCUT2D eigenvalue weighted by atomic mass is 10.0. The molecule has 1 saturated carbocycles. The Morgan fingerprint density at radius 3 is 2.56 bits per heavy atom. The Morgan fingerprint density at radius 2 is 2.00 bits per heavy atom. The summed E-state index contributed by atoms with van der Waals surface area (Å²) in [7, 11) is -3.73. The minimum Gasteiger partial charge on any atom is -0.411 e. The van der Waals surface area contributed by atoms with Crippen LogP contribution in [0.5, 0.6) is 0 Å². The molecule has 2 atom stereocenters. The highest BCUT2D eigenvalue weighted by molar-refractivity contribution is 7.89. The molecular weight excluding hydrogens is 252 g/mol. The van der Waals surface area contributed by atoms with Gasteiger partial charge in [0.2, 0.25) is 10.0 Å². The summed E-state index contributed by atoms with van der Waals surface area (Å²) in [4.78, 5) is 0.150. The van der Waals surface area contributed by atoms with E-state index in [1.807, 2.05) is 13.8 Å². The molecule has 0 heterocycles. The van der Waals surface area contributed by atoms with E-state index in [9.17, 15) is 8.42 Å². The zero-order valence-electron chi connectivity index (χ0n) is 10.2. The van der Waals surface area contributed by atoms with Crippen LogP contribution in [-0.2, 0) is 10.0 Å². The predicted octanol–water partition coefficient (Wildman–Crippen LogP) is 1.53. The molecule has 0 bridgehead atoms. The summed E-state index contributed by atoms with van der Waals surface area (Å²) >= 11 is 0. The Morgan fingerprint density at radius 1 is 1.39 bits per heavy atom. The molecule has 98 valence electrons. The van der Waals surface area contributed by atoms with Crippen molar-refractivity contribution in [2.24, 2.45) is 21.6 Å². The molecule has 6 heteroatoms. The molecule has 18 heavy (non-hydrogen) atoms. The van der Waals surface area contributed by atoms with Crippen molar-refractivity contribution in [2.45, 2.75) is 24.7 Å². The summed E-state index contributed by atoms with van der Waals surface area (Å²) in [6.07, 6.45) is 1.45. The van der Waals surface area contributed by atoms with E-state index in [1.54, 1.807) is 18.2 Å². The first kappa shape index (κ1) is 13.0. The van der Waals surface area contributed by atoms with Crippen LogP contribution in [0.25, 0.3) is 0 Å². The van der Waals surface area contributed by atoms with Gasteiger partial charge >= 0.3 is 0 Å². The number of benzene rings is 1. The van der Waals surface area contributed by atoms with Gasteiger partial charge in [0.05, 0.1) is 4.90 Å². The Balaban J connectivity index is 2.49. The smallest absolute Gasteiger partial charge is 0.238 e. The first-order chi connectivity index (χ1) is 8.30. The summed E-state index contributed by atoms with van der Waals surface area (Å²) in [5, 5.41) is 16.9. The van der Waals surface area contributed by atoms with Gasteiger partial charge in [0.15, 0.2) is 0 Å². The maximum absolute atomic E-state index is 11.6. The van der Waals surface area contributed by atoms with Crippen LogP contribution in [0.3, 0.4) is 0 Å². The third kappa shape index (κ3) is 2.02. The van der Waals surface area contributed by atoms with E-state index < -0.39 is 10.0 Å². The SMILES string of the molecule is CC1(C)[C@@H](C=NO)[C@@H]1c1ccccc1S(N)(=O)=O. The van der Waals surface area contributed by atoms with Gasteiger partial charge in [-0.3, -0.25) is 0 Å². The number of rotatable bonds is 3. The standard InChI is InChI=1S/C12H16N2O3S/c1-12(2)9(7-14-15)11(12)8-5-3-4-6-10(8)18(13,16)17/h3-7,9,11,15H,1-2H3,(H2,13,16,17)/t9-,11-/m0/s1. The molecule has 2 rings (SSSR count). The van der Waals surface area contributed by atoms with Crippen molar-refractivity contribution in [1.82, 2.24) is 0 Å². The lowest BCUT2D eigenvalue weighted by molar-refractivity contribution is 0.319. The van der Waals surface area contributed by atoms with E-state index in [0.717, 1.165) is 0 Å². The molecule has 1 aromatic carbocycles. The quantitative estimate of drug-likeness (QED) is 0.494. The second kappa shape index (κ2) is 4.07. The van der Waals surface area contributed by atoms with Crippen molar-refractivity contribution in [2.75, 3.05) is 0 Å². The molecule has 0 aromatic heterocycles. The average Bonchev–Trinajstić information content (AvgIpc) is 2.80. The Bertz CT molecular complexity index is 593. The van der Waals surface area contributed by atoms with Crippen LogP contribution in [0.15, 0.2) is 34.3 Å². The van der Waals surface area contributed by atoms with E-state index in [0.29, 0.717) is 5.56 Å². The first-order valence-corrected chi connectivity index (χ1v) is 7.14. The second-order valence-electron chi connectivity index (χ2n) is 5.17. The van der Waals surface area contributed by atoms with Crippen molar-refractivity contribution in [3.05, 3.63) is 29.8 Å². The molecule has 0 radical (unpaired) electrons. The lowest BCUT2D eigenvalue weighted by Crippen LogP contribution is -2.14. The fraction of sp³-hybridized carbons (Fsp3) is 0.417. The van der Waals surface area contributed by atoms with Gasteiger partial charge in [-0.25, -0.2) is 13.6 Å². The van der Waals surface area contributed by atoms with Crippen molar-refractivity contribution in [1.29, 1.82) is 0 Å². The predicted molar refractivity (Wildman–Crippen MR) is 68.1 cm³/mol. The first-order valence-electron chi connectivity index (χ1n) is 5.59. The molecular formula is C12H16N2O3S.